The molecule has 11 heteroatoms. The summed E-state index contributed by atoms with van der Waals surface area (Å²) in [5.74, 6) is 0.305. The van der Waals surface area contributed by atoms with E-state index in [2.05, 4.69) is 20.9 Å². The van der Waals surface area contributed by atoms with Gasteiger partial charge in [-0.3, -0.25) is 14.4 Å². The number of carbonyl (C=O) groups is 3. The number of benzene rings is 5. The van der Waals surface area contributed by atoms with Crippen molar-refractivity contribution in [1.29, 1.82) is 0 Å². The Balaban J connectivity index is 1.07. The molecule has 9 nitrogen and oxygen atoms in total. The summed E-state index contributed by atoms with van der Waals surface area (Å²) in [4.78, 5) is 44.7. The molecule has 0 aliphatic rings. The minimum Gasteiger partial charge on any atom is -0.493 e. The average Bonchev–Trinajstić information content (AvgIpc) is 3.66. The van der Waals surface area contributed by atoms with E-state index < -0.39 is 11.8 Å². The quantitative estimate of drug-likeness (QED) is 0.0806. The lowest BCUT2D eigenvalue weighted by Gasteiger charge is -2.12. The number of ether oxygens (including phenoxy) is 2. The highest BCUT2D eigenvalue weighted by molar-refractivity contribution is 8.00. The van der Waals surface area contributed by atoms with Crippen molar-refractivity contribution in [3.8, 4) is 33.9 Å². The zero-order chi connectivity index (χ0) is 36.3. The highest BCUT2D eigenvalue weighted by atomic mass is 32.2. The minimum atomic E-state index is -0.480. The van der Waals surface area contributed by atoms with Gasteiger partial charge >= 0.3 is 0 Å². The lowest BCUT2D eigenvalue weighted by atomic mass is 10.0. The SMILES string of the molecule is COc1ccc(-c2csc(NC(=O)CSc3ccc(NC(=O)/C(=C/c4ccc(-c5ccccc5)cc4)NC(=O)c4ccccc4)cc3)n2)cc1OC. The molecule has 0 bridgehead atoms. The fraction of sp³-hybridized carbons (Fsp3) is 0.0732. The van der Waals surface area contributed by atoms with Gasteiger partial charge in [0, 0.05) is 27.1 Å². The van der Waals surface area contributed by atoms with Crippen LogP contribution in [0.1, 0.15) is 15.9 Å². The van der Waals surface area contributed by atoms with E-state index in [1.807, 2.05) is 96.4 Å². The van der Waals surface area contributed by atoms with Crippen LogP contribution in [0.4, 0.5) is 10.8 Å². The predicted octanol–water partition coefficient (Wildman–Crippen LogP) is 8.63. The first-order chi connectivity index (χ1) is 25.4. The zero-order valence-electron chi connectivity index (χ0n) is 28.3. The number of amides is 3. The largest absolute Gasteiger partial charge is 0.493 e. The van der Waals surface area contributed by atoms with E-state index in [1.165, 1.54) is 23.1 Å². The molecule has 6 aromatic rings. The molecule has 0 aliphatic heterocycles. The van der Waals surface area contributed by atoms with Crippen molar-refractivity contribution in [2.45, 2.75) is 4.90 Å². The van der Waals surface area contributed by atoms with Crippen molar-refractivity contribution in [2.75, 3.05) is 30.6 Å². The van der Waals surface area contributed by atoms with Crippen molar-refractivity contribution in [3.05, 3.63) is 150 Å². The Morgan fingerprint density at radius 2 is 1.38 bits per heavy atom. The molecule has 3 N–H and O–H groups in total. The van der Waals surface area contributed by atoms with Gasteiger partial charge < -0.3 is 25.4 Å². The Morgan fingerprint density at radius 1 is 0.731 bits per heavy atom. The third-order valence-electron chi connectivity index (χ3n) is 7.77. The molecule has 0 aliphatic carbocycles. The predicted molar refractivity (Wildman–Crippen MR) is 209 cm³/mol. The highest BCUT2D eigenvalue weighted by Crippen LogP contribution is 2.33. The van der Waals surface area contributed by atoms with Gasteiger partial charge in [-0.25, -0.2) is 4.98 Å². The highest BCUT2D eigenvalue weighted by Gasteiger charge is 2.16. The summed E-state index contributed by atoms with van der Waals surface area (Å²) in [5.41, 5.74) is 5.47. The Hall–Kier alpha value is -6.17. The van der Waals surface area contributed by atoms with Gasteiger partial charge in [-0.05, 0) is 77.4 Å². The van der Waals surface area contributed by atoms with Crippen molar-refractivity contribution in [1.82, 2.24) is 10.3 Å². The Morgan fingerprint density at radius 3 is 2.08 bits per heavy atom. The maximum Gasteiger partial charge on any atom is 0.272 e. The second kappa shape index (κ2) is 17.2. The summed E-state index contributed by atoms with van der Waals surface area (Å²) < 4.78 is 10.7. The van der Waals surface area contributed by atoms with E-state index in [0.717, 1.165) is 27.1 Å². The van der Waals surface area contributed by atoms with Gasteiger partial charge in [0.25, 0.3) is 11.8 Å². The number of anilines is 2. The molecule has 0 spiro atoms. The van der Waals surface area contributed by atoms with Crippen LogP contribution in [0, 0.1) is 0 Å². The van der Waals surface area contributed by atoms with Gasteiger partial charge in [-0.15, -0.1) is 23.1 Å². The average molecular weight is 727 g/mol. The number of nitrogens with zero attached hydrogens (tertiary/aromatic N) is 1. The second-order valence-electron chi connectivity index (χ2n) is 11.3. The normalized spacial score (nSPS) is 11.0. The number of carbonyl (C=O) groups excluding carboxylic acids is 3. The minimum absolute atomic E-state index is 0.0907. The molecule has 260 valence electrons. The summed E-state index contributed by atoms with van der Waals surface area (Å²) in [7, 11) is 3.16. The fourth-order valence-corrected chi connectivity index (χ4v) is 6.54. The van der Waals surface area contributed by atoms with Gasteiger partial charge in [-0.2, -0.15) is 0 Å². The van der Waals surface area contributed by atoms with Crippen LogP contribution >= 0.6 is 23.1 Å². The molecule has 0 saturated heterocycles. The second-order valence-corrected chi connectivity index (χ2v) is 13.2. The smallest absolute Gasteiger partial charge is 0.272 e. The topological polar surface area (TPSA) is 119 Å². The summed E-state index contributed by atoms with van der Waals surface area (Å²) >= 11 is 2.69. The molecule has 52 heavy (non-hydrogen) atoms. The lowest BCUT2D eigenvalue weighted by Crippen LogP contribution is -2.30. The number of nitrogens with one attached hydrogen (secondary N) is 3. The van der Waals surface area contributed by atoms with E-state index in [-0.39, 0.29) is 17.4 Å². The lowest BCUT2D eigenvalue weighted by molar-refractivity contribution is -0.114. The molecule has 0 unspecified atom stereocenters. The van der Waals surface area contributed by atoms with Crippen LogP contribution in [0.25, 0.3) is 28.5 Å². The van der Waals surface area contributed by atoms with E-state index in [9.17, 15) is 14.4 Å². The van der Waals surface area contributed by atoms with Gasteiger partial charge in [0.05, 0.1) is 25.7 Å². The fourth-order valence-electron chi connectivity index (χ4n) is 5.11. The maximum absolute atomic E-state index is 13.5. The van der Waals surface area contributed by atoms with Gasteiger partial charge in [0.1, 0.15) is 5.70 Å². The Kier molecular flexibility index (Phi) is 11.8. The van der Waals surface area contributed by atoms with Crippen LogP contribution in [0.3, 0.4) is 0 Å². The van der Waals surface area contributed by atoms with Crippen molar-refractivity contribution < 1.29 is 23.9 Å². The molecular formula is C41H34N4O5S2. The summed E-state index contributed by atoms with van der Waals surface area (Å²) in [6, 6.07) is 39.1. The number of hydrogen-bond donors (Lipinski definition) is 3. The standard InChI is InChI=1S/C41H34N4O5S2/c1-49-36-22-17-31(24-37(36)50-2)35-25-52-41(44-35)45-38(46)26-51-33-20-18-32(19-21-33)42-40(48)34(43-39(47)30-11-7-4-8-12-30)23-27-13-15-29(16-14-27)28-9-5-3-6-10-28/h3-25H,26H2,1-2H3,(H,42,48)(H,43,47)(H,44,45,46)/b34-23-. The Bertz CT molecular complexity index is 2190. The monoisotopic (exact) mass is 726 g/mol. The molecule has 0 atom stereocenters. The third-order valence-corrected chi connectivity index (χ3v) is 9.54. The molecule has 1 aromatic heterocycles. The molecule has 3 amide bonds. The summed E-state index contributed by atoms with van der Waals surface area (Å²) in [5, 5.41) is 10.9. The van der Waals surface area contributed by atoms with Gasteiger partial charge in [-0.1, -0.05) is 72.8 Å². The molecular weight excluding hydrogens is 693 g/mol. The molecule has 6 rings (SSSR count). The summed E-state index contributed by atoms with van der Waals surface area (Å²) in [6.45, 7) is 0. The number of aromatic nitrogens is 1. The zero-order valence-corrected chi connectivity index (χ0v) is 29.9. The van der Waals surface area contributed by atoms with Crippen molar-refractivity contribution in [3.63, 3.8) is 0 Å². The first-order valence-electron chi connectivity index (χ1n) is 16.1. The molecule has 5 aromatic carbocycles. The first kappa shape index (κ1) is 35.6. The van der Waals surface area contributed by atoms with Crippen LogP contribution in [-0.2, 0) is 9.59 Å². The van der Waals surface area contributed by atoms with Gasteiger partial charge in [0.15, 0.2) is 16.6 Å². The summed E-state index contributed by atoms with van der Waals surface area (Å²) in [6.07, 6.45) is 1.65. The van der Waals surface area contributed by atoms with Gasteiger partial charge in [0.2, 0.25) is 5.91 Å². The van der Waals surface area contributed by atoms with E-state index in [4.69, 9.17) is 9.47 Å². The number of methoxy groups -OCH3 is 2. The molecule has 0 radical (unpaired) electrons. The van der Waals surface area contributed by atoms with Crippen LogP contribution in [0.15, 0.2) is 143 Å². The number of thiazole rings is 1. The van der Waals surface area contributed by atoms with Crippen LogP contribution < -0.4 is 25.4 Å². The van der Waals surface area contributed by atoms with Crippen molar-refractivity contribution in [2.24, 2.45) is 0 Å². The molecule has 0 saturated carbocycles. The first-order valence-corrected chi connectivity index (χ1v) is 18.0. The van der Waals surface area contributed by atoms with E-state index in [0.29, 0.717) is 33.6 Å². The van der Waals surface area contributed by atoms with Crippen molar-refractivity contribution >= 4 is 57.7 Å². The maximum atomic E-state index is 13.5. The number of rotatable bonds is 13. The number of hydrogen-bond acceptors (Lipinski definition) is 8. The van der Waals surface area contributed by atoms with Crippen LogP contribution in [0.5, 0.6) is 11.5 Å². The molecule has 1 heterocycles. The molecule has 0 fully saturated rings. The van der Waals surface area contributed by atoms with Crippen LogP contribution in [0.2, 0.25) is 0 Å². The van der Waals surface area contributed by atoms with Crippen LogP contribution in [-0.4, -0.2) is 42.7 Å². The third kappa shape index (κ3) is 9.33. The van der Waals surface area contributed by atoms with E-state index in [1.54, 1.807) is 56.7 Å². The Labute approximate surface area is 309 Å². The number of thioether (sulfide) groups is 1. The van der Waals surface area contributed by atoms with E-state index >= 15 is 0 Å².